The number of nitrogens with zero attached hydrogens (tertiary/aromatic N) is 2. The summed E-state index contributed by atoms with van der Waals surface area (Å²) in [6.45, 7) is 5.52. The number of hydrogen-bond donors (Lipinski definition) is 1. The van der Waals surface area contributed by atoms with Crippen LogP contribution in [0, 0.1) is 6.92 Å². The molecule has 1 saturated heterocycles. The Morgan fingerprint density at radius 1 is 1.21 bits per heavy atom. The molecule has 1 aromatic heterocycles. The van der Waals surface area contributed by atoms with E-state index < -0.39 is 0 Å². The fraction of sp³-hybridized carbons (Fsp3) is 0.391. The molecule has 0 spiro atoms. The lowest BCUT2D eigenvalue weighted by molar-refractivity contribution is 0.0645. The molecule has 1 N–H and O–H groups in total. The highest BCUT2D eigenvalue weighted by Gasteiger charge is 2.20. The Kier molecular flexibility index (Phi) is 6.22. The first-order valence-corrected chi connectivity index (χ1v) is 10.2. The van der Waals surface area contributed by atoms with Crippen LogP contribution in [-0.4, -0.2) is 47.3 Å². The SMILES string of the molecule is Cc1ccc(OCCN(Cc2nc3ccccc3c(=O)[nH]2)CC2CCCO2)cc1. The Hall–Kier alpha value is -2.70. The van der Waals surface area contributed by atoms with Crippen molar-refractivity contribution in [2.45, 2.75) is 32.4 Å². The maximum atomic E-state index is 12.4. The molecule has 29 heavy (non-hydrogen) atoms. The van der Waals surface area contributed by atoms with Crippen LogP contribution in [0.5, 0.6) is 5.75 Å². The zero-order chi connectivity index (χ0) is 20.1. The predicted molar refractivity (Wildman–Crippen MR) is 113 cm³/mol. The second-order valence-electron chi connectivity index (χ2n) is 7.56. The van der Waals surface area contributed by atoms with Crippen LogP contribution in [0.25, 0.3) is 10.9 Å². The van der Waals surface area contributed by atoms with Gasteiger partial charge in [0, 0.05) is 19.7 Å². The Morgan fingerprint density at radius 2 is 2.03 bits per heavy atom. The Labute approximate surface area is 170 Å². The van der Waals surface area contributed by atoms with Crippen LogP contribution in [0.2, 0.25) is 0 Å². The molecule has 1 aliphatic heterocycles. The van der Waals surface area contributed by atoms with Crippen molar-refractivity contribution < 1.29 is 9.47 Å². The van der Waals surface area contributed by atoms with Crippen molar-refractivity contribution in [3.8, 4) is 5.75 Å². The number of aryl methyl sites for hydroxylation is 1. The van der Waals surface area contributed by atoms with E-state index in [-0.39, 0.29) is 11.7 Å². The lowest BCUT2D eigenvalue weighted by atomic mass is 10.2. The highest BCUT2D eigenvalue weighted by Crippen LogP contribution is 2.16. The zero-order valence-corrected chi connectivity index (χ0v) is 16.8. The van der Waals surface area contributed by atoms with E-state index in [2.05, 4.69) is 21.8 Å². The van der Waals surface area contributed by atoms with Crippen LogP contribution < -0.4 is 10.3 Å². The van der Waals surface area contributed by atoms with Gasteiger partial charge in [-0.05, 0) is 44.0 Å². The molecule has 1 fully saturated rings. The fourth-order valence-electron chi connectivity index (χ4n) is 3.66. The quantitative estimate of drug-likeness (QED) is 0.636. The molecule has 1 unspecified atom stereocenters. The lowest BCUT2D eigenvalue weighted by Gasteiger charge is -2.24. The van der Waals surface area contributed by atoms with E-state index in [0.29, 0.717) is 24.4 Å². The van der Waals surface area contributed by atoms with E-state index in [1.165, 1.54) is 5.56 Å². The number of benzene rings is 2. The molecule has 1 aliphatic rings. The minimum Gasteiger partial charge on any atom is -0.492 e. The van der Waals surface area contributed by atoms with Gasteiger partial charge in [-0.2, -0.15) is 0 Å². The summed E-state index contributed by atoms with van der Waals surface area (Å²) >= 11 is 0. The predicted octanol–water partition coefficient (Wildman–Crippen LogP) is 3.29. The smallest absolute Gasteiger partial charge is 0.258 e. The number of para-hydroxylation sites is 1. The van der Waals surface area contributed by atoms with Gasteiger partial charge in [0.1, 0.15) is 18.2 Å². The van der Waals surface area contributed by atoms with Crippen LogP contribution in [0.1, 0.15) is 24.2 Å². The van der Waals surface area contributed by atoms with Crippen molar-refractivity contribution in [1.29, 1.82) is 0 Å². The van der Waals surface area contributed by atoms with Crippen molar-refractivity contribution in [3.05, 3.63) is 70.3 Å². The summed E-state index contributed by atoms with van der Waals surface area (Å²) in [6.07, 6.45) is 2.39. The number of ether oxygens (including phenoxy) is 2. The third kappa shape index (κ3) is 5.22. The number of H-pyrrole nitrogens is 1. The van der Waals surface area contributed by atoms with E-state index in [1.54, 1.807) is 6.07 Å². The standard InChI is InChI=1S/C23H27N3O3/c1-17-8-10-18(11-9-17)29-14-12-26(15-19-5-4-13-28-19)16-22-24-21-7-3-2-6-20(21)23(27)25-22/h2-3,6-11,19H,4-5,12-16H2,1H3,(H,24,25,27). The molecule has 2 aromatic carbocycles. The van der Waals surface area contributed by atoms with Crippen molar-refractivity contribution in [2.75, 3.05) is 26.3 Å². The summed E-state index contributed by atoms with van der Waals surface area (Å²) in [5.74, 6) is 1.53. The first-order chi connectivity index (χ1) is 14.2. The topological polar surface area (TPSA) is 67.5 Å². The molecule has 0 radical (unpaired) electrons. The second kappa shape index (κ2) is 9.20. The van der Waals surface area contributed by atoms with E-state index in [0.717, 1.165) is 43.8 Å². The van der Waals surface area contributed by atoms with Crippen LogP contribution in [0.3, 0.4) is 0 Å². The molecule has 3 aromatic rings. The molecule has 0 bridgehead atoms. The summed E-state index contributed by atoms with van der Waals surface area (Å²) in [5.41, 5.74) is 1.83. The van der Waals surface area contributed by atoms with Crippen LogP contribution in [0.15, 0.2) is 53.3 Å². The highest BCUT2D eigenvalue weighted by molar-refractivity contribution is 5.77. The van der Waals surface area contributed by atoms with Crippen LogP contribution >= 0.6 is 0 Å². The number of hydrogen-bond acceptors (Lipinski definition) is 5. The largest absolute Gasteiger partial charge is 0.492 e. The average Bonchev–Trinajstić information content (AvgIpc) is 3.22. The summed E-state index contributed by atoms with van der Waals surface area (Å²) in [5, 5.41) is 0.615. The van der Waals surface area contributed by atoms with Crippen molar-refractivity contribution in [1.82, 2.24) is 14.9 Å². The van der Waals surface area contributed by atoms with Crippen molar-refractivity contribution in [2.24, 2.45) is 0 Å². The van der Waals surface area contributed by atoms with E-state index in [9.17, 15) is 4.79 Å². The Bertz CT molecular complexity index is 994. The van der Waals surface area contributed by atoms with Gasteiger partial charge in [0.2, 0.25) is 0 Å². The fourth-order valence-corrected chi connectivity index (χ4v) is 3.66. The van der Waals surface area contributed by atoms with Gasteiger partial charge >= 0.3 is 0 Å². The maximum absolute atomic E-state index is 12.4. The van der Waals surface area contributed by atoms with Crippen LogP contribution in [0.4, 0.5) is 0 Å². The minimum atomic E-state index is -0.0985. The third-order valence-corrected chi connectivity index (χ3v) is 5.22. The molecular weight excluding hydrogens is 366 g/mol. The first-order valence-electron chi connectivity index (χ1n) is 10.2. The molecule has 4 rings (SSSR count). The normalized spacial score (nSPS) is 16.6. The van der Waals surface area contributed by atoms with Gasteiger partial charge in [-0.15, -0.1) is 0 Å². The van der Waals surface area contributed by atoms with Gasteiger partial charge in [-0.1, -0.05) is 29.8 Å². The van der Waals surface area contributed by atoms with Gasteiger partial charge in [-0.3, -0.25) is 9.69 Å². The molecule has 6 nitrogen and oxygen atoms in total. The molecule has 152 valence electrons. The third-order valence-electron chi connectivity index (χ3n) is 5.22. The van der Waals surface area contributed by atoms with Gasteiger partial charge in [0.15, 0.2) is 0 Å². The summed E-state index contributed by atoms with van der Waals surface area (Å²) in [6, 6.07) is 15.5. The molecule has 1 atom stereocenters. The molecule has 0 saturated carbocycles. The molecule has 0 aliphatic carbocycles. The van der Waals surface area contributed by atoms with Gasteiger partial charge in [0.05, 0.1) is 23.6 Å². The monoisotopic (exact) mass is 393 g/mol. The van der Waals surface area contributed by atoms with E-state index >= 15 is 0 Å². The summed E-state index contributed by atoms with van der Waals surface area (Å²) in [4.78, 5) is 22.2. The Morgan fingerprint density at radius 3 is 2.83 bits per heavy atom. The zero-order valence-electron chi connectivity index (χ0n) is 16.8. The summed E-state index contributed by atoms with van der Waals surface area (Å²) < 4.78 is 11.7. The number of aromatic amines is 1. The van der Waals surface area contributed by atoms with Crippen molar-refractivity contribution in [3.63, 3.8) is 0 Å². The molecular formula is C23H27N3O3. The van der Waals surface area contributed by atoms with Gasteiger partial charge in [0.25, 0.3) is 5.56 Å². The van der Waals surface area contributed by atoms with E-state index in [1.807, 2.05) is 42.5 Å². The molecule has 2 heterocycles. The Balaban J connectivity index is 1.44. The molecule has 6 heteroatoms. The van der Waals surface area contributed by atoms with E-state index in [4.69, 9.17) is 9.47 Å². The lowest BCUT2D eigenvalue weighted by Crippen LogP contribution is -2.36. The highest BCUT2D eigenvalue weighted by atomic mass is 16.5. The summed E-state index contributed by atoms with van der Waals surface area (Å²) in [7, 11) is 0. The number of aromatic nitrogens is 2. The number of fused-ring (bicyclic) bond motifs is 1. The van der Waals surface area contributed by atoms with Gasteiger partial charge < -0.3 is 14.5 Å². The number of nitrogens with one attached hydrogen (secondary N) is 1. The van der Waals surface area contributed by atoms with Crippen molar-refractivity contribution >= 4 is 10.9 Å². The first kappa shape index (κ1) is 19.6. The average molecular weight is 393 g/mol. The molecule has 0 amide bonds. The van der Waals surface area contributed by atoms with Gasteiger partial charge in [-0.25, -0.2) is 4.98 Å². The minimum absolute atomic E-state index is 0.0985. The van der Waals surface area contributed by atoms with Crippen LogP contribution in [-0.2, 0) is 11.3 Å². The second-order valence-corrected chi connectivity index (χ2v) is 7.56. The maximum Gasteiger partial charge on any atom is 0.258 e. The number of rotatable bonds is 8.